The summed E-state index contributed by atoms with van der Waals surface area (Å²) in [4.78, 5) is 23.0. The fraction of sp³-hybridized carbons (Fsp3) is 0.818. The van der Waals surface area contributed by atoms with Crippen LogP contribution in [-0.4, -0.2) is 44.2 Å². The third kappa shape index (κ3) is 4.70. The monoisotopic (exact) mass is 243 g/mol. The molecule has 6 nitrogen and oxygen atoms in total. The number of rotatable bonds is 5. The maximum Gasteiger partial charge on any atom is 0.239 e. The second-order valence-electron chi connectivity index (χ2n) is 4.72. The van der Waals surface area contributed by atoms with Crippen LogP contribution in [0.15, 0.2) is 0 Å². The average molecular weight is 243 g/mol. The van der Waals surface area contributed by atoms with E-state index in [1.807, 2.05) is 13.8 Å². The van der Waals surface area contributed by atoms with Gasteiger partial charge < -0.3 is 21.1 Å². The topological polar surface area (TPSA) is 93.5 Å². The number of hydrogen-bond acceptors (Lipinski definition) is 4. The van der Waals surface area contributed by atoms with Crippen molar-refractivity contribution >= 4 is 11.8 Å². The molecule has 2 unspecified atom stereocenters. The molecule has 1 rings (SSSR count). The molecule has 0 bridgehead atoms. The fourth-order valence-electron chi connectivity index (χ4n) is 1.52. The van der Waals surface area contributed by atoms with Gasteiger partial charge in [0, 0.05) is 12.6 Å². The van der Waals surface area contributed by atoms with Crippen LogP contribution in [-0.2, 0) is 14.3 Å². The van der Waals surface area contributed by atoms with E-state index in [4.69, 9.17) is 10.5 Å². The number of carbonyl (C=O) groups excluding carboxylic acids is 2. The molecule has 1 aliphatic rings. The molecule has 0 saturated carbocycles. The minimum absolute atomic E-state index is 0.00519. The Morgan fingerprint density at radius 1 is 1.35 bits per heavy atom. The molecule has 0 aliphatic carbocycles. The Hall–Kier alpha value is -1.14. The van der Waals surface area contributed by atoms with E-state index in [0.717, 1.165) is 0 Å². The summed E-state index contributed by atoms with van der Waals surface area (Å²) in [5.41, 5.74) is 5.70. The first-order valence-corrected chi connectivity index (χ1v) is 5.88. The van der Waals surface area contributed by atoms with Gasteiger partial charge in [-0.05, 0) is 5.92 Å². The molecule has 1 aliphatic heterocycles. The Balaban J connectivity index is 2.21. The van der Waals surface area contributed by atoms with Crippen molar-refractivity contribution in [3.05, 3.63) is 0 Å². The van der Waals surface area contributed by atoms with Crippen LogP contribution in [0.3, 0.4) is 0 Å². The highest BCUT2D eigenvalue weighted by molar-refractivity contribution is 5.86. The SMILES string of the molecule is CC(C)CNC(=O)CNC(=O)C1COCC1N. The van der Waals surface area contributed by atoms with E-state index in [0.29, 0.717) is 25.7 Å². The molecule has 4 N–H and O–H groups in total. The molecule has 1 saturated heterocycles. The largest absolute Gasteiger partial charge is 0.379 e. The molecule has 0 aromatic heterocycles. The van der Waals surface area contributed by atoms with Gasteiger partial charge in [0.2, 0.25) is 11.8 Å². The van der Waals surface area contributed by atoms with E-state index in [-0.39, 0.29) is 30.3 Å². The summed E-state index contributed by atoms with van der Waals surface area (Å²) in [6.07, 6.45) is 0. The van der Waals surface area contributed by atoms with E-state index in [1.54, 1.807) is 0 Å². The van der Waals surface area contributed by atoms with Gasteiger partial charge in [-0.2, -0.15) is 0 Å². The lowest BCUT2D eigenvalue weighted by Crippen LogP contribution is -2.45. The first-order chi connectivity index (χ1) is 8.00. The molecule has 17 heavy (non-hydrogen) atoms. The van der Waals surface area contributed by atoms with Gasteiger partial charge in [0.05, 0.1) is 25.7 Å². The van der Waals surface area contributed by atoms with Crippen molar-refractivity contribution < 1.29 is 14.3 Å². The molecule has 6 heteroatoms. The van der Waals surface area contributed by atoms with Crippen LogP contribution in [0.25, 0.3) is 0 Å². The fourth-order valence-corrected chi connectivity index (χ4v) is 1.52. The smallest absolute Gasteiger partial charge is 0.239 e. The predicted octanol–water partition coefficient (Wildman–Crippen LogP) is -1.15. The molecule has 98 valence electrons. The van der Waals surface area contributed by atoms with Crippen LogP contribution in [0.1, 0.15) is 13.8 Å². The van der Waals surface area contributed by atoms with E-state index in [1.165, 1.54) is 0 Å². The van der Waals surface area contributed by atoms with Crippen molar-refractivity contribution in [3.8, 4) is 0 Å². The minimum atomic E-state index is -0.340. The molecular formula is C11H21N3O3. The summed E-state index contributed by atoms with van der Waals surface area (Å²) in [5, 5.41) is 5.29. The third-order valence-electron chi connectivity index (χ3n) is 2.59. The molecule has 0 radical (unpaired) electrons. The average Bonchev–Trinajstić information content (AvgIpc) is 2.69. The van der Waals surface area contributed by atoms with Gasteiger partial charge in [0.15, 0.2) is 0 Å². The van der Waals surface area contributed by atoms with Crippen LogP contribution in [0.4, 0.5) is 0 Å². The summed E-state index contributed by atoms with van der Waals surface area (Å²) in [7, 11) is 0. The third-order valence-corrected chi connectivity index (χ3v) is 2.59. The summed E-state index contributed by atoms with van der Waals surface area (Å²) in [6, 6.07) is -0.270. The number of hydrogen-bond donors (Lipinski definition) is 3. The van der Waals surface area contributed by atoms with Crippen LogP contribution < -0.4 is 16.4 Å². The zero-order chi connectivity index (χ0) is 12.8. The van der Waals surface area contributed by atoms with Gasteiger partial charge in [0.25, 0.3) is 0 Å². The Bertz CT molecular complexity index is 281. The first kappa shape index (κ1) is 13.9. The Labute approximate surface area is 101 Å². The first-order valence-electron chi connectivity index (χ1n) is 5.88. The molecule has 2 atom stereocenters. The van der Waals surface area contributed by atoms with Crippen LogP contribution in [0.5, 0.6) is 0 Å². The Morgan fingerprint density at radius 2 is 2.06 bits per heavy atom. The second-order valence-corrected chi connectivity index (χ2v) is 4.72. The van der Waals surface area contributed by atoms with Crippen molar-refractivity contribution in [1.82, 2.24) is 10.6 Å². The number of amides is 2. The van der Waals surface area contributed by atoms with E-state index in [2.05, 4.69) is 10.6 Å². The highest BCUT2D eigenvalue weighted by Crippen LogP contribution is 2.10. The summed E-state index contributed by atoms with van der Waals surface area (Å²) in [6.45, 7) is 5.36. The number of nitrogens with two attached hydrogens (primary N) is 1. The van der Waals surface area contributed by atoms with Gasteiger partial charge in [-0.3, -0.25) is 9.59 Å². The van der Waals surface area contributed by atoms with Gasteiger partial charge in [-0.15, -0.1) is 0 Å². The van der Waals surface area contributed by atoms with E-state index in [9.17, 15) is 9.59 Å². The van der Waals surface area contributed by atoms with Crippen molar-refractivity contribution in [3.63, 3.8) is 0 Å². The van der Waals surface area contributed by atoms with E-state index >= 15 is 0 Å². The maximum atomic E-state index is 11.6. The second kappa shape index (κ2) is 6.56. The van der Waals surface area contributed by atoms with E-state index < -0.39 is 0 Å². The zero-order valence-electron chi connectivity index (χ0n) is 10.4. The summed E-state index contributed by atoms with van der Waals surface area (Å²) >= 11 is 0. The lowest BCUT2D eigenvalue weighted by Gasteiger charge is -2.13. The van der Waals surface area contributed by atoms with Crippen LogP contribution in [0.2, 0.25) is 0 Å². The molecular weight excluding hydrogens is 222 g/mol. The number of carbonyl (C=O) groups is 2. The molecule has 1 heterocycles. The van der Waals surface area contributed by atoms with Crippen molar-refractivity contribution in [1.29, 1.82) is 0 Å². The minimum Gasteiger partial charge on any atom is -0.379 e. The number of nitrogens with one attached hydrogen (secondary N) is 2. The quantitative estimate of drug-likeness (QED) is 0.568. The Morgan fingerprint density at radius 3 is 2.59 bits per heavy atom. The molecule has 0 spiro atoms. The van der Waals surface area contributed by atoms with Crippen LogP contribution >= 0.6 is 0 Å². The zero-order valence-corrected chi connectivity index (χ0v) is 10.4. The normalized spacial score (nSPS) is 23.8. The summed E-state index contributed by atoms with van der Waals surface area (Å²) < 4.78 is 5.09. The van der Waals surface area contributed by atoms with Gasteiger partial charge in [-0.1, -0.05) is 13.8 Å². The lowest BCUT2D eigenvalue weighted by atomic mass is 10.0. The predicted molar refractivity (Wildman–Crippen MR) is 63.1 cm³/mol. The van der Waals surface area contributed by atoms with Gasteiger partial charge >= 0.3 is 0 Å². The summed E-state index contributed by atoms with van der Waals surface area (Å²) in [5.74, 6) is -0.339. The van der Waals surface area contributed by atoms with Gasteiger partial charge in [0.1, 0.15) is 0 Å². The highest BCUT2D eigenvalue weighted by atomic mass is 16.5. The van der Waals surface area contributed by atoms with Crippen molar-refractivity contribution in [2.75, 3.05) is 26.3 Å². The van der Waals surface area contributed by atoms with Crippen LogP contribution in [0, 0.1) is 11.8 Å². The highest BCUT2D eigenvalue weighted by Gasteiger charge is 2.31. The maximum absolute atomic E-state index is 11.6. The molecule has 1 fully saturated rings. The molecule has 0 aromatic rings. The Kier molecular flexibility index (Phi) is 5.37. The number of ether oxygens (including phenoxy) is 1. The molecule has 2 amide bonds. The van der Waals surface area contributed by atoms with Crippen molar-refractivity contribution in [2.45, 2.75) is 19.9 Å². The standard InChI is InChI=1S/C11H21N3O3/c1-7(2)3-13-10(15)4-14-11(16)8-5-17-6-9(8)12/h7-9H,3-6,12H2,1-2H3,(H,13,15)(H,14,16). The van der Waals surface area contributed by atoms with Crippen molar-refractivity contribution in [2.24, 2.45) is 17.6 Å². The molecule has 0 aromatic carbocycles. The lowest BCUT2D eigenvalue weighted by molar-refractivity contribution is -0.128. The van der Waals surface area contributed by atoms with Gasteiger partial charge in [-0.25, -0.2) is 0 Å².